The molecule has 0 radical (unpaired) electrons. The average Bonchev–Trinajstić information content (AvgIpc) is 2.37. The van der Waals surface area contributed by atoms with Crippen LogP contribution in [0, 0.1) is 24.0 Å². The van der Waals surface area contributed by atoms with Crippen molar-refractivity contribution in [3.05, 3.63) is 57.6 Å². The van der Waals surface area contributed by atoms with Crippen LogP contribution in [-0.4, -0.2) is 11.6 Å². The van der Waals surface area contributed by atoms with Crippen molar-refractivity contribution in [1.29, 1.82) is 0 Å². The van der Waals surface area contributed by atoms with Gasteiger partial charge in [-0.05, 0) is 49.2 Å². The first-order valence-corrected chi connectivity index (χ1v) is 7.15. The first-order chi connectivity index (χ1) is 9.54. The van der Waals surface area contributed by atoms with Crippen LogP contribution in [0.5, 0.6) is 0 Å². The molecule has 3 rings (SSSR count). The van der Waals surface area contributed by atoms with E-state index in [2.05, 4.69) is 12.1 Å². The summed E-state index contributed by atoms with van der Waals surface area (Å²) < 4.78 is 0. The zero-order chi connectivity index (χ0) is 14.3. The molecule has 0 N–H and O–H groups in total. The Morgan fingerprint density at radius 2 is 1.55 bits per heavy atom. The van der Waals surface area contributed by atoms with Gasteiger partial charge in [0.1, 0.15) is 0 Å². The van der Waals surface area contributed by atoms with Gasteiger partial charge in [0.05, 0.1) is 11.4 Å². The van der Waals surface area contributed by atoms with E-state index in [9.17, 15) is 10.1 Å². The molecule has 0 bridgehead atoms. The van der Waals surface area contributed by atoms with Crippen molar-refractivity contribution in [3.8, 4) is 0 Å². The molecule has 2 aromatic carbocycles. The number of hydrogen-bond donors (Lipinski definition) is 0. The van der Waals surface area contributed by atoms with Crippen LogP contribution in [0.25, 0.3) is 0 Å². The minimum Gasteiger partial charge on any atom is -0.279 e. The highest BCUT2D eigenvalue weighted by atomic mass is 32.2. The minimum atomic E-state index is -0.288. The van der Waals surface area contributed by atoms with E-state index in [1.54, 1.807) is 16.7 Å². The van der Waals surface area contributed by atoms with Gasteiger partial charge in [-0.15, -0.1) is 0 Å². The van der Waals surface area contributed by atoms with Crippen molar-refractivity contribution < 1.29 is 4.92 Å². The molecule has 0 atom stereocenters. The summed E-state index contributed by atoms with van der Waals surface area (Å²) in [6, 6.07) is 12.1. The molecule has 0 amide bonds. The van der Waals surface area contributed by atoms with Crippen LogP contribution in [0.1, 0.15) is 11.1 Å². The number of nitrogens with zero attached hydrogens (tertiary/aromatic N) is 2. The SMILES string of the molecule is Cc1ccc2c(c1)Sc1cc(C)ccc1N2C[N+](=O)[O-]. The van der Waals surface area contributed by atoms with Gasteiger partial charge in [0.15, 0.2) is 0 Å². The maximum atomic E-state index is 11.0. The van der Waals surface area contributed by atoms with E-state index in [1.165, 1.54) is 0 Å². The van der Waals surface area contributed by atoms with Gasteiger partial charge in [0.25, 0.3) is 6.67 Å². The molecule has 0 fully saturated rings. The van der Waals surface area contributed by atoms with Crippen LogP contribution in [0.4, 0.5) is 11.4 Å². The minimum absolute atomic E-state index is 0.216. The largest absolute Gasteiger partial charge is 0.282 e. The predicted octanol–water partition coefficient (Wildman–Crippen LogP) is 4.14. The lowest BCUT2D eigenvalue weighted by Gasteiger charge is -2.30. The van der Waals surface area contributed by atoms with Crippen LogP contribution in [0.3, 0.4) is 0 Å². The molecule has 1 heterocycles. The highest BCUT2D eigenvalue weighted by molar-refractivity contribution is 7.99. The molecule has 0 aromatic heterocycles. The van der Waals surface area contributed by atoms with Crippen LogP contribution in [0.15, 0.2) is 46.2 Å². The molecule has 1 aliphatic rings. The molecule has 0 spiro atoms. The van der Waals surface area contributed by atoms with Gasteiger partial charge in [-0.3, -0.25) is 15.0 Å². The molecule has 2 aromatic rings. The van der Waals surface area contributed by atoms with Crippen molar-refractivity contribution in [2.24, 2.45) is 0 Å². The third kappa shape index (κ3) is 2.25. The predicted molar refractivity (Wildman–Crippen MR) is 80.5 cm³/mol. The number of hydrogen-bond acceptors (Lipinski definition) is 4. The van der Waals surface area contributed by atoms with Crippen molar-refractivity contribution in [2.45, 2.75) is 23.6 Å². The maximum absolute atomic E-state index is 11.0. The number of rotatable bonds is 2. The zero-order valence-corrected chi connectivity index (χ0v) is 12.1. The molecule has 0 aliphatic carbocycles. The second-order valence-corrected chi connectivity index (χ2v) is 6.03. The maximum Gasteiger partial charge on any atom is 0.282 e. The Kier molecular flexibility index (Phi) is 3.14. The fraction of sp³-hybridized carbons (Fsp3) is 0.200. The van der Waals surface area contributed by atoms with E-state index in [1.807, 2.05) is 38.1 Å². The summed E-state index contributed by atoms with van der Waals surface area (Å²) in [5.74, 6) is 0. The summed E-state index contributed by atoms with van der Waals surface area (Å²) in [4.78, 5) is 14.6. The van der Waals surface area contributed by atoms with Crippen molar-refractivity contribution in [3.63, 3.8) is 0 Å². The van der Waals surface area contributed by atoms with Gasteiger partial charge in [0, 0.05) is 14.7 Å². The summed E-state index contributed by atoms with van der Waals surface area (Å²) in [7, 11) is 0. The van der Waals surface area contributed by atoms with E-state index < -0.39 is 0 Å². The van der Waals surface area contributed by atoms with E-state index >= 15 is 0 Å². The van der Waals surface area contributed by atoms with Crippen molar-refractivity contribution >= 4 is 23.1 Å². The Bertz CT molecular complexity index is 649. The van der Waals surface area contributed by atoms with Crippen LogP contribution in [0.2, 0.25) is 0 Å². The Morgan fingerprint density at radius 3 is 2.00 bits per heavy atom. The van der Waals surface area contributed by atoms with Gasteiger partial charge in [0.2, 0.25) is 0 Å². The van der Waals surface area contributed by atoms with E-state index in [-0.39, 0.29) is 11.6 Å². The van der Waals surface area contributed by atoms with Crippen molar-refractivity contribution in [1.82, 2.24) is 0 Å². The van der Waals surface area contributed by atoms with E-state index in [4.69, 9.17) is 0 Å². The van der Waals surface area contributed by atoms with Crippen LogP contribution >= 0.6 is 11.8 Å². The van der Waals surface area contributed by atoms with Gasteiger partial charge >= 0.3 is 0 Å². The lowest BCUT2D eigenvalue weighted by molar-refractivity contribution is -0.477. The second-order valence-electron chi connectivity index (χ2n) is 4.95. The first kappa shape index (κ1) is 13.0. The third-order valence-corrected chi connectivity index (χ3v) is 4.38. The number of benzene rings is 2. The molecule has 4 nitrogen and oxygen atoms in total. The Hall–Kier alpha value is -2.01. The Labute approximate surface area is 121 Å². The number of nitro groups is 1. The molecule has 5 heteroatoms. The number of anilines is 2. The Morgan fingerprint density at radius 1 is 1.05 bits per heavy atom. The fourth-order valence-corrected chi connectivity index (χ4v) is 3.66. The van der Waals surface area contributed by atoms with E-state index in [0.29, 0.717) is 0 Å². The summed E-state index contributed by atoms with van der Waals surface area (Å²) in [5.41, 5.74) is 4.14. The smallest absolute Gasteiger partial charge is 0.279 e. The van der Waals surface area contributed by atoms with Gasteiger partial charge in [-0.25, -0.2) is 0 Å². The topological polar surface area (TPSA) is 46.4 Å². The molecule has 0 saturated heterocycles. The van der Waals surface area contributed by atoms with Gasteiger partial charge in [-0.1, -0.05) is 23.9 Å². The average molecular weight is 286 g/mol. The molecule has 0 unspecified atom stereocenters. The molecule has 102 valence electrons. The third-order valence-electron chi connectivity index (χ3n) is 3.29. The monoisotopic (exact) mass is 286 g/mol. The quantitative estimate of drug-likeness (QED) is 0.615. The van der Waals surface area contributed by atoms with Crippen LogP contribution in [-0.2, 0) is 0 Å². The highest BCUT2D eigenvalue weighted by Crippen LogP contribution is 2.48. The number of aryl methyl sites for hydroxylation is 2. The second kappa shape index (κ2) is 4.83. The summed E-state index contributed by atoms with van der Waals surface area (Å²) in [6.07, 6.45) is 0. The van der Waals surface area contributed by atoms with E-state index in [0.717, 1.165) is 32.3 Å². The summed E-state index contributed by atoms with van der Waals surface area (Å²) >= 11 is 1.68. The fourth-order valence-electron chi connectivity index (χ4n) is 2.37. The zero-order valence-electron chi connectivity index (χ0n) is 11.3. The van der Waals surface area contributed by atoms with Gasteiger partial charge < -0.3 is 0 Å². The summed E-state index contributed by atoms with van der Waals surface area (Å²) in [5, 5.41) is 11.0. The van der Waals surface area contributed by atoms with Crippen LogP contribution < -0.4 is 4.90 Å². The molecular formula is C15H14N2O2S. The highest BCUT2D eigenvalue weighted by Gasteiger charge is 2.26. The summed E-state index contributed by atoms with van der Waals surface area (Å²) in [6.45, 7) is 3.85. The standard InChI is InChI=1S/C15H14N2O2S/c1-10-3-5-12-14(7-10)20-15-8-11(2)4-6-13(15)16(12)9-17(18)19/h3-8H,9H2,1-2H3. The molecule has 0 saturated carbocycles. The molecular weight excluding hydrogens is 272 g/mol. The first-order valence-electron chi connectivity index (χ1n) is 6.33. The lowest BCUT2D eigenvalue weighted by atomic mass is 10.1. The molecule has 1 aliphatic heterocycles. The molecule has 20 heavy (non-hydrogen) atoms. The van der Waals surface area contributed by atoms with Crippen molar-refractivity contribution in [2.75, 3.05) is 11.6 Å². The lowest BCUT2D eigenvalue weighted by Crippen LogP contribution is -2.27. The van der Waals surface area contributed by atoms with Gasteiger partial charge in [-0.2, -0.15) is 0 Å². The normalized spacial score (nSPS) is 12.8. The number of fused-ring (bicyclic) bond motifs is 2. The Balaban J connectivity index is 2.16.